The van der Waals surface area contributed by atoms with Crippen molar-refractivity contribution in [3.05, 3.63) is 53.0 Å². The van der Waals surface area contributed by atoms with E-state index in [4.69, 9.17) is 14.7 Å². The first kappa shape index (κ1) is 29.9. The molecule has 4 heterocycles. The zero-order valence-corrected chi connectivity index (χ0v) is 26.1. The lowest BCUT2D eigenvalue weighted by Crippen LogP contribution is -2.48. The van der Waals surface area contributed by atoms with Crippen molar-refractivity contribution in [2.75, 3.05) is 31.5 Å². The van der Waals surface area contributed by atoms with Gasteiger partial charge in [-0.05, 0) is 89.6 Å². The molecule has 0 atom stereocenters. The molecular formula is C33H46N6O3. The van der Waals surface area contributed by atoms with Crippen LogP contribution in [0.25, 0.3) is 11.2 Å². The number of amides is 2. The molecule has 0 unspecified atom stereocenters. The number of pyridine rings is 1. The molecular weight excluding hydrogens is 528 g/mol. The van der Waals surface area contributed by atoms with E-state index in [0.29, 0.717) is 32.0 Å². The molecule has 0 aliphatic carbocycles. The van der Waals surface area contributed by atoms with Crippen molar-refractivity contribution < 1.29 is 14.3 Å². The fourth-order valence-electron chi connectivity index (χ4n) is 6.15. The van der Waals surface area contributed by atoms with E-state index in [1.165, 1.54) is 11.1 Å². The second-order valence-electron chi connectivity index (χ2n) is 12.9. The molecule has 0 bridgehead atoms. The number of imidazole rings is 1. The van der Waals surface area contributed by atoms with Crippen LogP contribution in [0, 0.1) is 19.8 Å². The molecule has 2 aliphatic heterocycles. The third-order valence-corrected chi connectivity index (χ3v) is 8.39. The smallest absolute Gasteiger partial charge is 0.410 e. The van der Waals surface area contributed by atoms with Crippen LogP contribution in [0.15, 0.2) is 30.3 Å². The van der Waals surface area contributed by atoms with Crippen molar-refractivity contribution in [1.29, 1.82) is 0 Å². The number of nitrogens with one attached hydrogen (secondary N) is 1. The molecule has 2 aromatic heterocycles. The molecule has 0 spiro atoms. The number of aryl methyl sites for hydroxylation is 3. The molecule has 2 aliphatic rings. The van der Waals surface area contributed by atoms with Gasteiger partial charge in [0.2, 0.25) is 5.91 Å². The zero-order valence-electron chi connectivity index (χ0n) is 26.1. The Hall–Kier alpha value is -3.62. The predicted molar refractivity (Wildman–Crippen MR) is 166 cm³/mol. The van der Waals surface area contributed by atoms with Gasteiger partial charge < -0.3 is 24.4 Å². The van der Waals surface area contributed by atoms with E-state index < -0.39 is 5.60 Å². The van der Waals surface area contributed by atoms with Crippen LogP contribution in [0.3, 0.4) is 0 Å². The molecule has 0 saturated carbocycles. The Balaban J connectivity index is 1.11. The highest BCUT2D eigenvalue weighted by Gasteiger charge is 2.33. The number of anilines is 1. The largest absolute Gasteiger partial charge is 0.444 e. The van der Waals surface area contributed by atoms with E-state index in [1.807, 2.05) is 32.6 Å². The van der Waals surface area contributed by atoms with Gasteiger partial charge >= 0.3 is 6.09 Å². The Labute approximate surface area is 249 Å². The van der Waals surface area contributed by atoms with Crippen molar-refractivity contribution in [3.63, 3.8) is 0 Å². The number of carbonyl (C=O) groups excluding carboxylic acids is 2. The summed E-state index contributed by atoms with van der Waals surface area (Å²) in [5.74, 6) is 1.29. The van der Waals surface area contributed by atoms with Gasteiger partial charge in [0.25, 0.3) is 0 Å². The molecule has 3 aromatic rings. The van der Waals surface area contributed by atoms with Crippen molar-refractivity contribution in [3.8, 4) is 0 Å². The molecule has 42 heavy (non-hydrogen) atoms. The Kier molecular flexibility index (Phi) is 8.76. The molecule has 1 aromatic carbocycles. The van der Waals surface area contributed by atoms with E-state index >= 15 is 0 Å². The summed E-state index contributed by atoms with van der Waals surface area (Å²) in [5, 5.41) is 3.68. The molecule has 2 fully saturated rings. The van der Waals surface area contributed by atoms with Crippen molar-refractivity contribution in [1.82, 2.24) is 24.3 Å². The van der Waals surface area contributed by atoms with Crippen LogP contribution in [-0.4, -0.2) is 74.2 Å². The van der Waals surface area contributed by atoms with Gasteiger partial charge in [-0.3, -0.25) is 4.79 Å². The summed E-state index contributed by atoms with van der Waals surface area (Å²) in [6.07, 6.45) is 3.83. The summed E-state index contributed by atoms with van der Waals surface area (Å²) in [6.45, 7) is 15.3. The van der Waals surface area contributed by atoms with Crippen LogP contribution in [0.2, 0.25) is 0 Å². The maximum atomic E-state index is 13.2. The number of carbonyl (C=O) groups is 2. The molecule has 2 amide bonds. The van der Waals surface area contributed by atoms with Gasteiger partial charge in [-0.15, -0.1) is 0 Å². The number of aromatic nitrogens is 3. The van der Waals surface area contributed by atoms with Crippen molar-refractivity contribution >= 4 is 28.9 Å². The molecule has 226 valence electrons. The highest BCUT2D eigenvalue weighted by atomic mass is 16.6. The number of hydrogen-bond donors (Lipinski definition) is 1. The highest BCUT2D eigenvalue weighted by molar-refractivity contribution is 5.79. The predicted octanol–water partition coefficient (Wildman–Crippen LogP) is 5.71. The van der Waals surface area contributed by atoms with E-state index in [9.17, 15) is 9.59 Å². The Morgan fingerprint density at radius 1 is 0.952 bits per heavy atom. The van der Waals surface area contributed by atoms with Gasteiger partial charge in [0.15, 0.2) is 5.65 Å². The fraction of sp³-hybridized carbons (Fsp3) is 0.576. The van der Waals surface area contributed by atoms with Gasteiger partial charge in [-0.1, -0.05) is 19.1 Å². The van der Waals surface area contributed by atoms with Gasteiger partial charge in [-0.2, -0.15) is 0 Å². The summed E-state index contributed by atoms with van der Waals surface area (Å²) in [5.41, 5.74) is 5.95. The number of piperidine rings is 2. The lowest BCUT2D eigenvalue weighted by molar-refractivity contribution is -0.138. The average Bonchev–Trinajstić information content (AvgIpc) is 3.30. The third-order valence-electron chi connectivity index (χ3n) is 8.39. The minimum atomic E-state index is -0.505. The van der Waals surface area contributed by atoms with Gasteiger partial charge in [-0.25, -0.2) is 14.8 Å². The van der Waals surface area contributed by atoms with E-state index in [-0.39, 0.29) is 17.9 Å². The van der Waals surface area contributed by atoms with E-state index in [0.717, 1.165) is 67.3 Å². The molecule has 9 heteroatoms. The van der Waals surface area contributed by atoms with Crippen LogP contribution in [0.4, 0.5) is 10.5 Å². The fourth-order valence-corrected chi connectivity index (χ4v) is 6.15. The third kappa shape index (κ3) is 6.88. The van der Waals surface area contributed by atoms with Crippen molar-refractivity contribution in [2.45, 2.75) is 91.8 Å². The lowest BCUT2D eigenvalue weighted by Gasteiger charge is -2.38. The van der Waals surface area contributed by atoms with Crippen LogP contribution in [0.1, 0.15) is 76.0 Å². The van der Waals surface area contributed by atoms with Crippen LogP contribution in [-0.2, 0) is 22.5 Å². The second kappa shape index (κ2) is 12.3. The minimum Gasteiger partial charge on any atom is -0.444 e. The quantitative estimate of drug-likeness (QED) is 0.406. The summed E-state index contributed by atoms with van der Waals surface area (Å²) in [6, 6.07) is 11.1. The zero-order chi connectivity index (χ0) is 30.0. The summed E-state index contributed by atoms with van der Waals surface area (Å²) in [7, 11) is 0. The maximum Gasteiger partial charge on any atom is 0.410 e. The average molecular weight is 575 g/mol. The first-order chi connectivity index (χ1) is 20.0. The SMILES string of the molecule is CCc1nc2c(C)cc(C)nc2n1Cc1ccc(NC2CCN(C(=O)C3CCN(C(=O)OC(C)(C)C)CC3)CC2)cc1. The number of ether oxygens (including phenoxy) is 1. The lowest BCUT2D eigenvalue weighted by atomic mass is 9.94. The van der Waals surface area contributed by atoms with Gasteiger partial charge in [0.1, 0.15) is 16.9 Å². The number of fused-ring (bicyclic) bond motifs is 1. The number of nitrogens with zero attached hydrogens (tertiary/aromatic N) is 5. The number of benzene rings is 1. The maximum absolute atomic E-state index is 13.2. The Morgan fingerprint density at radius 2 is 1.60 bits per heavy atom. The Bertz CT molecular complexity index is 1410. The second-order valence-corrected chi connectivity index (χ2v) is 12.9. The van der Waals surface area contributed by atoms with Gasteiger partial charge in [0, 0.05) is 55.9 Å². The summed E-state index contributed by atoms with van der Waals surface area (Å²) in [4.78, 5) is 39.0. The van der Waals surface area contributed by atoms with Crippen molar-refractivity contribution in [2.24, 2.45) is 5.92 Å². The molecule has 1 N–H and O–H groups in total. The summed E-state index contributed by atoms with van der Waals surface area (Å²) < 4.78 is 7.73. The monoisotopic (exact) mass is 574 g/mol. The first-order valence-electron chi connectivity index (χ1n) is 15.5. The summed E-state index contributed by atoms with van der Waals surface area (Å²) >= 11 is 0. The normalized spacial score (nSPS) is 17.1. The standard InChI is InChI=1S/C33H46N6O3/c1-7-28-36-29-22(2)20-23(3)34-30(29)39(28)21-24-8-10-26(11-9-24)35-27-14-18-37(19-15-27)31(40)25-12-16-38(17-13-25)32(41)42-33(4,5)6/h8-11,20,25,27,35H,7,12-19,21H2,1-6H3. The Morgan fingerprint density at radius 3 is 2.21 bits per heavy atom. The highest BCUT2D eigenvalue weighted by Crippen LogP contribution is 2.25. The first-order valence-corrected chi connectivity index (χ1v) is 15.5. The topological polar surface area (TPSA) is 92.6 Å². The van der Waals surface area contributed by atoms with Crippen LogP contribution in [0.5, 0.6) is 0 Å². The van der Waals surface area contributed by atoms with Crippen LogP contribution >= 0.6 is 0 Å². The molecule has 9 nitrogen and oxygen atoms in total. The number of hydrogen-bond acceptors (Lipinski definition) is 6. The minimum absolute atomic E-state index is 0.00962. The van der Waals surface area contributed by atoms with Crippen LogP contribution < -0.4 is 5.32 Å². The molecule has 0 radical (unpaired) electrons. The van der Waals surface area contributed by atoms with E-state index in [1.54, 1.807) is 4.90 Å². The molecule has 5 rings (SSSR count). The van der Waals surface area contributed by atoms with E-state index in [2.05, 4.69) is 54.1 Å². The van der Waals surface area contributed by atoms with Gasteiger partial charge in [0.05, 0.1) is 6.54 Å². The number of rotatable bonds is 6. The molecule has 2 saturated heterocycles. The number of likely N-dealkylation sites (tertiary alicyclic amines) is 2.